The van der Waals surface area contributed by atoms with Gasteiger partial charge in [0.15, 0.2) is 6.29 Å². The molecule has 0 aliphatic rings. The molecule has 1 aromatic heterocycles. The first-order valence-electron chi connectivity index (χ1n) is 5.26. The number of pyridine rings is 1. The molecule has 1 rings (SSSR count). The largest absolute Gasteiger partial charge is 0.351 e. The molecule has 0 saturated carbocycles. The zero-order chi connectivity index (χ0) is 12.0. The molecule has 0 aromatic carbocycles. The van der Waals surface area contributed by atoms with Gasteiger partial charge in [0.05, 0.1) is 6.54 Å². The van der Waals surface area contributed by atoms with Gasteiger partial charge in [0.1, 0.15) is 0 Å². The van der Waals surface area contributed by atoms with E-state index in [0.29, 0.717) is 19.8 Å². The Balaban J connectivity index is 2.75. The van der Waals surface area contributed by atoms with Gasteiger partial charge in [0.25, 0.3) is 5.56 Å². The van der Waals surface area contributed by atoms with Gasteiger partial charge in [0, 0.05) is 29.9 Å². The quantitative estimate of drug-likeness (QED) is 0.752. The fourth-order valence-electron chi connectivity index (χ4n) is 1.33. The van der Waals surface area contributed by atoms with Crippen LogP contribution in [0.25, 0.3) is 0 Å². The summed E-state index contributed by atoms with van der Waals surface area (Å²) in [5.41, 5.74) is -0.0624. The number of ether oxygens (including phenoxy) is 2. The second-order valence-corrected chi connectivity index (χ2v) is 4.09. The van der Waals surface area contributed by atoms with E-state index in [4.69, 9.17) is 9.47 Å². The van der Waals surface area contributed by atoms with Crippen molar-refractivity contribution in [3.05, 3.63) is 33.2 Å². The Morgan fingerprint density at radius 1 is 1.31 bits per heavy atom. The van der Waals surface area contributed by atoms with Crippen LogP contribution in [0.5, 0.6) is 0 Å². The molecule has 1 heterocycles. The van der Waals surface area contributed by atoms with E-state index < -0.39 is 0 Å². The number of aromatic nitrogens is 1. The Hall–Kier alpha value is -0.650. The maximum atomic E-state index is 11.5. The molecular formula is C11H16BrNO3. The minimum absolute atomic E-state index is 0.0624. The zero-order valence-corrected chi connectivity index (χ0v) is 11.1. The average Bonchev–Trinajstić information content (AvgIpc) is 2.24. The van der Waals surface area contributed by atoms with Crippen LogP contribution in [0.15, 0.2) is 27.6 Å². The van der Waals surface area contributed by atoms with E-state index in [1.807, 2.05) is 13.8 Å². The Labute approximate surface area is 103 Å². The summed E-state index contributed by atoms with van der Waals surface area (Å²) in [6.07, 6.45) is 1.36. The fraction of sp³-hybridized carbons (Fsp3) is 0.545. The predicted molar refractivity (Wildman–Crippen MR) is 65.4 cm³/mol. The molecule has 0 aliphatic carbocycles. The van der Waals surface area contributed by atoms with Gasteiger partial charge < -0.3 is 14.0 Å². The van der Waals surface area contributed by atoms with Crippen molar-refractivity contribution in [3.8, 4) is 0 Å². The topological polar surface area (TPSA) is 40.5 Å². The first-order chi connectivity index (χ1) is 7.67. The van der Waals surface area contributed by atoms with Gasteiger partial charge in [0.2, 0.25) is 0 Å². The highest BCUT2D eigenvalue weighted by Crippen LogP contribution is 2.06. The van der Waals surface area contributed by atoms with Crippen molar-refractivity contribution in [2.45, 2.75) is 26.7 Å². The van der Waals surface area contributed by atoms with Gasteiger partial charge >= 0.3 is 0 Å². The molecule has 1 aromatic rings. The lowest BCUT2D eigenvalue weighted by Crippen LogP contribution is -2.29. The van der Waals surface area contributed by atoms with E-state index in [1.165, 1.54) is 6.07 Å². The van der Waals surface area contributed by atoms with Gasteiger partial charge in [-0.1, -0.05) is 0 Å². The van der Waals surface area contributed by atoms with Crippen molar-refractivity contribution < 1.29 is 9.47 Å². The van der Waals surface area contributed by atoms with Gasteiger partial charge in [-0.15, -0.1) is 0 Å². The number of rotatable bonds is 6. The lowest BCUT2D eigenvalue weighted by Gasteiger charge is -2.18. The molecule has 0 fully saturated rings. The summed E-state index contributed by atoms with van der Waals surface area (Å²) in [4.78, 5) is 11.5. The third-order valence-corrected chi connectivity index (χ3v) is 2.47. The summed E-state index contributed by atoms with van der Waals surface area (Å²) < 4.78 is 13.2. The Morgan fingerprint density at radius 2 is 1.94 bits per heavy atom. The van der Waals surface area contributed by atoms with E-state index in [9.17, 15) is 4.79 Å². The van der Waals surface area contributed by atoms with Crippen LogP contribution in [0.3, 0.4) is 0 Å². The highest BCUT2D eigenvalue weighted by molar-refractivity contribution is 9.10. The third kappa shape index (κ3) is 4.08. The number of nitrogens with zero attached hydrogens (tertiary/aromatic N) is 1. The summed E-state index contributed by atoms with van der Waals surface area (Å²) in [6, 6.07) is 3.23. The SMILES string of the molecule is CCOC(Cn1cc(Br)ccc1=O)OCC. The Morgan fingerprint density at radius 3 is 2.50 bits per heavy atom. The van der Waals surface area contributed by atoms with Crippen molar-refractivity contribution in [3.63, 3.8) is 0 Å². The maximum Gasteiger partial charge on any atom is 0.250 e. The second-order valence-electron chi connectivity index (χ2n) is 3.18. The molecule has 0 aliphatic heterocycles. The van der Waals surface area contributed by atoms with E-state index in [2.05, 4.69) is 15.9 Å². The molecule has 90 valence electrons. The maximum absolute atomic E-state index is 11.5. The van der Waals surface area contributed by atoms with Crippen LogP contribution in [0.1, 0.15) is 13.8 Å². The standard InChI is InChI=1S/C11H16BrNO3/c1-3-15-11(16-4-2)8-13-7-9(12)5-6-10(13)14/h5-7,11H,3-4,8H2,1-2H3. The zero-order valence-electron chi connectivity index (χ0n) is 9.48. The molecule has 0 atom stereocenters. The molecule has 0 N–H and O–H groups in total. The molecule has 5 heteroatoms. The molecular weight excluding hydrogens is 274 g/mol. The van der Waals surface area contributed by atoms with Crippen molar-refractivity contribution in [1.82, 2.24) is 4.57 Å². The Kier molecular flexibility index (Phi) is 5.73. The van der Waals surface area contributed by atoms with Gasteiger partial charge in [-0.3, -0.25) is 4.79 Å². The van der Waals surface area contributed by atoms with Gasteiger partial charge in [-0.05, 0) is 35.8 Å². The van der Waals surface area contributed by atoms with Crippen LogP contribution in [-0.2, 0) is 16.0 Å². The van der Waals surface area contributed by atoms with E-state index in [-0.39, 0.29) is 11.8 Å². The molecule has 0 saturated heterocycles. The summed E-state index contributed by atoms with van der Waals surface area (Å²) >= 11 is 3.32. The van der Waals surface area contributed by atoms with Crippen molar-refractivity contribution >= 4 is 15.9 Å². The molecule has 0 unspecified atom stereocenters. The molecule has 0 spiro atoms. The van der Waals surface area contributed by atoms with Gasteiger partial charge in [-0.2, -0.15) is 0 Å². The molecule has 4 nitrogen and oxygen atoms in total. The normalized spacial score (nSPS) is 11.0. The molecule has 0 bridgehead atoms. The van der Waals surface area contributed by atoms with Crippen LogP contribution in [0.4, 0.5) is 0 Å². The van der Waals surface area contributed by atoms with Crippen molar-refractivity contribution in [1.29, 1.82) is 0 Å². The molecule has 0 radical (unpaired) electrons. The second kappa shape index (κ2) is 6.83. The van der Waals surface area contributed by atoms with E-state index in [0.717, 1.165) is 4.47 Å². The molecule has 16 heavy (non-hydrogen) atoms. The van der Waals surface area contributed by atoms with E-state index >= 15 is 0 Å². The summed E-state index contributed by atoms with van der Waals surface area (Å²) in [5.74, 6) is 0. The minimum Gasteiger partial charge on any atom is -0.351 e. The highest BCUT2D eigenvalue weighted by Gasteiger charge is 2.09. The fourth-order valence-corrected chi connectivity index (χ4v) is 1.71. The first kappa shape index (κ1) is 13.4. The summed E-state index contributed by atoms with van der Waals surface area (Å²) in [5, 5.41) is 0. The number of hydrogen-bond acceptors (Lipinski definition) is 3. The van der Waals surface area contributed by atoms with E-state index in [1.54, 1.807) is 16.8 Å². The third-order valence-electron chi connectivity index (χ3n) is 2.00. The monoisotopic (exact) mass is 289 g/mol. The average molecular weight is 290 g/mol. The summed E-state index contributed by atoms with van der Waals surface area (Å²) in [7, 11) is 0. The van der Waals surface area contributed by atoms with Crippen LogP contribution in [0.2, 0.25) is 0 Å². The summed E-state index contributed by atoms with van der Waals surface area (Å²) in [6.45, 7) is 5.33. The number of hydrogen-bond donors (Lipinski definition) is 0. The van der Waals surface area contributed by atoms with Gasteiger partial charge in [-0.25, -0.2) is 0 Å². The predicted octanol–water partition coefficient (Wildman–Crippen LogP) is 2.01. The van der Waals surface area contributed by atoms with Crippen molar-refractivity contribution in [2.75, 3.05) is 13.2 Å². The van der Waals surface area contributed by atoms with Crippen molar-refractivity contribution in [2.24, 2.45) is 0 Å². The lowest BCUT2D eigenvalue weighted by atomic mass is 10.4. The van der Waals surface area contributed by atoms with Crippen LogP contribution >= 0.6 is 15.9 Å². The highest BCUT2D eigenvalue weighted by atomic mass is 79.9. The first-order valence-corrected chi connectivity index (χ1v) is 6.05. The Bertz CT molecular complexity index is 372. The smallest absolute Gasteiger partial charge is 0.250 e. The lowest BCUT2D eigenvalue weighted by molar-refractivity contribution is -0.143. The van der Waals surface area contributed by atoms with Crippen LogP contribution < -0.4 is 5.56 Å². The molecule has 0 amide bonds. The van der Waals surface area contributed by atoms with Crippen LogP contribution in [-0.4, -0.2) is 24.1 Å². The number of halogens is 1. The minimum atomic E-state index is -0.373. The van der Waals surface area contributed by atoms with Crippen LogP contribution in [0, 0.1) is 0 Å².